The van der Waals surface area contributed by atoms with Gasteiger partial charge in [0.05, 0.1) is 0 Å². The Labute approximate surface area is 119 Å². The highest BCUT2D eigenvalue weighted by Gasteiger charge is 2.26. The van der Waals surface area contributed by atoms with Crippen LogP contribution >= 0.6 is 0 Å². The van der Waals surface area contributed by atoms with E-state index in [0.29, 0.717) is 6.54 Å². The molecule has 0 aliphatic carbocycles. The van der Waals surface area contributed by atoms with Gasteiger partial charge in [0.25, 0.3) is 11.8 Å². The van der Waals surface area contributed by atoms with Crippen LogP contribution in [-0.4, -0.2) is 36.3 Å². The molecule has 4 nitrogen and oxygen atoms in total. The Morgan fingerprint density at radius 3 is 2.95 bits per heavy atom. The highest BCUT2D eigenvalue weighted by molar-refractivity contribution is 5.96. The minimum Gasteiger partial charge on any atom is -0.343 e. The van der Waals surface area contributed by atoms with Crippen LogP contribution in [0, 0.1) is 11.8 Å². The number of hydrogen-bond acceptors (Lipinski definition) is 2. The van der Waals surface area contributed by atoms with Crippen LogP contribution in [-0.2, 0) is 11.2 Å². The number of benzene rings is 1. The summed E-state index contributed by atoms with van der Waals surface area (Å²) in [4.78, 5) is 25.5. The summed E-state index contributed by atoms with van der Waals surface area (Å²) in [5.41, 5.74) is 1.84. The molecule has 0 spiro atoms. The molecule has 2 amide bonds. The van der Waals surface area contributed by atoms with Gasteiger partial charge in [0, 0.05) is 25.2 Å². The van der Waals surface area contributed by atoms with E-state index in [1.807, 2.05) is 24.3 Å². The Hall–Kier alpha value is -2.28. The summed E-state index contributed by atoms with van der Waals surface area (Å²) in [6.07, 6.45) is 1.67. The Morgan fingerprint density at radius 2 is 2.20 bits per heavy atom. The monoisotopic (exact) mass is 270 g/mol. The number of aryl methyl sites for hydroxylation is 1. The van der Waals surface area contributed by atoms with Crippen LogP contribution in [0.2, 0.25) is 0 Å². The van der Waals surface area contributed by atoms with Gasteiger partial charge in [-0.1, -0.05) is 24.1 Å². The Morgan fingerprint density at radius 1 is 1.45 bits per heavy atom. The van der Waals surface area contributed by atoms with Crippen molar-refractivity contribution in [2.45, 2.75) is 25.8 Å². The van der Waals surface area contributed by atoms with E-state index in [-0.39, 0.29) is 17.9 Å². The minimum atomic E-state index is -0.296. The average Bonchev–Trinajstić information content (AvgIpc) is 2.57. The summed E-state index contributed by atoms with van der Waals surface area (Å²) in [5.74, 6) is 4.72. The van der Waals surface area contributed by atoms with Gasteiger partial charge in [0.1, 0.15) is 0 Å². The van der Waals surface area contributed by atoms with Gasteiger partial charge in [0.15, 0.2) is 0 Å². The zero-order valence-corrected chi connectivity index (χ0v) is 11.8. The molecule has 1 atom stereocenters. The maximum atomic E-state index is 12.4. The molecule has 1 aliphatic heterocycles. The first-order chi connectivity index (χ1) is 9.63. The molecule has 0 aromatic heterocycles. The molecule has 20 heavy (non-hydrogen) atoms. The number of rotatable bonds is 2. The summed E-state index contributed by atoms with van der Waals surface area (Å²) in [6, 6.07) is 7.68. The largest absolute Gasteiger partial charge is 0.343 e. The number of carbonyl (C=O) groups excluding carboxylic acids is 2. The van der Waals surface area contributed by atoms with Crippen LogP contribution in [0.1, 0.15) is 29.3 Å². The third-order valence-electron chi connectivity index (χ3n) is 3.60. The van der Waals surface area contributed by atoms with Crippen molar-refractivity contribution in [2.24, 2.45) is 0 Å². The number of amides is 2. The fourth-order valence-electron chi connectivity index (χ4n) is 2.43. The van der Waals surface area contributed by atoms with Crippen molar-refractivity contribution in [1.82, 2.24) is 10.2 Å². The van der Waals surface area contributed by atoms with E-state index in [9.17, 15) is 9.59 Å². The van der Waals surface area contributed by atoms with Crippen LogP contribution in [0.3, 0.4) is 0 Å². The van der Waals surface area contributed by atoms with E-state index < -0.39 is 0 Å². The first kappa shape index (κ1) is 14.1. The molecular formula is C16H18N2O2. The minimum absolute atomic E-state index is 0.00231. The Kier molecular flexibility index (Phi) is 4.41. The summed E-state index contributed by atoms with van der Waals surface area (Å²) >= 11 is 0. The van der Waals surface area contributed by atoms with Crippen LogP contribution < -0.4 is 5.32 Å². The lowest BCUT2D eigenvalue weighted by molar-refractivity contribution is -0.115. The summed E-state index contributed by atoms with van der Waals surface area (Å²) < 4.78 is 0. The van der Waals surface area contributed by atoms with Gasteiger partial charge in [0.2, 0.25) is 0 Å². The molecule has 0 radical (unpaired) electrons. The van der Waals surface area contributed by atoms with Crippen LogP contribution in [0.5, 0.6) is 0 Å². The molecular weight excluding hydrogens is 252 g/mol. The Bertz CT molecular complexity index is 584. The average molecular weight is 270 g/mol. The fourth-order valence-corrected chi connectivity index (χ4v) is 2.43. The normalized spacial score (nSPS) is 17.6. The maximum Gasteiger partial charge on any atom is 0.295 e. The van der Waals surface area contributed by atoms with Gasteiger partial charge in [-0.2, -0.15) is 0 Å². The van der Waals surface area contributed by atoms with Crippen LogP contribution in [0.4, 0.5) is 0 Å². The molecule has 0 saturated carbocycles. The lowest BCUT2D eigenvalue weighted by atomic mass is 10.0. The van der Waals surface area contributed by atoms with Crippen LogP contribution in [0.15, 0.2) is 24.3 Å². The smallest absolute Gasteiger partial charge is 0.295 e. The van der Waals surface area contributed by atoms with Crippen molar-refractivity contribution in [1.29, 1.82) is 0 Å². The number of likely N-dealkylation sites (N-methyl/N-ethyl adjacent to an activating group) is 1. The third kappa shape index (κ3) is 3.00. The number of nitrogens with one attached hydrogen (secondary N) is 1. The van der Waals surface area contributed by atoms with Gasteiger partial charge in [-0.25, -0.2) is 0 Å². The quantitative estimate of drug-likeness (QED) is 0.821. The van der Waals surface area contributed by atoms with E-state index in [0.717, 1.165) is 24.0 Å². The molecule has 1 aromatic carbocycles. The number of hydrogen-bond donors (Lipinski definition) is 1. The molecule has 104 valence electrons. The summed E-state index contributed by atoms with van der Waals surface area (Å²) in [6.45, 7) is 2.06. The second-order valence-corrected chi connectivity index (χ2v) is 4.85. The van der Waals surface area contributed by atoms with E-state index in [1.54, 1.807) is 18.9 Å². The molecule has 1 unspecified atom stereocenters. The van der Waals surface area contributed by atoms with E-state index >= 15 is 0 Å². The predicted octanol–water partition coefficient (Wildman–Crippen LogP) is 1.21. The van der Waals surface area contributed by atoms with Crippen molar-refractivity contribution in [3.63, 3.8) is 0 Å². The zero-order chi connectivity index (χ0) is 14.5. The summed E-state index contributed by atoms with van der Waals surface area (Å²) in [5, 5.41) is 2.75. The van der Waals surface area contributed by atoms with E-state index in [2.05, 4.69) is 17.2 Å². The highest BCUT2D eigenvalue weighted by Crippen LogP contribution is 2.21. The maximum absolute atomic E-state index is 12.4. The number of nitrogens with zero attached hydrogens (tertiary/aromatic N) is 1. The van der Waals surface area contributed by atoms with E-state index in [1.165, 1.54) is 0 Å². The van der Waals surface area contributed by atoms with Crippen molar-refractivity contribution >= 4 is 11.8 Å². The molecule has 1 aliphatic rings. The molecule has 0 fully saturated rings. The molecule has 1 aromatic rings. The van der Waals surface area contributed by atoms with Gasteiger partial charge in [-0.15, -0.1) is 0 Å². The zero-order valence-electron chi connectivity index (χ0n) is 11.8. The fraction of sp³-hybridized carbons (Fsp3) is 0.375. The van der Waals surface area contributed by atoms with E-state index in [4.69, 9.17) is 0 Å². The number of fused-ring (bicyclic) bond motifs is 1. The first-order valence-electron chi connectivity index (χ1n) is 6.69. The second-order valence-electron chi connectivity index (χ2n) is 4.85. The SMILES string of the molecule is CC#CC(=O)NCC1CCc2ccccc2C(=O)N1C. The Balaban J connectivity index is 2.09. The highest BCUT2D eigenvalue weighted by atomic mass is 16.2. The van der Waals surface area contributed by atoms with Crippen molar-refractivity contribution in [2.75, 3.05) is 13.6 Å². The van der Waals surface area contributed by atoms with Gasteiger partial charge >= 0.3 is 0 Å². The molecule has 1 heterocycles. The van der Waals surface area contributed by atoms with Gasteiger partial charge in [-0.05, 0) is 37.3 Å². The summed E-state index contributed by atoms with van der Waals surface area (Å²) in [7, 11) is 1.78. The van der Waals surface area contributed by atoms with Crippen molar-refractivity contribution in [3.05, 3.63) is 35.4 Å². The second kappa shape index (κ2) is 6.25. The molecule has 0 saturated heterocycles. The lowest BCUT2D eigenvalue weighted by Gasteiger charge is -2.26. The third-order valence-corrected chi connectivity index (χ3v) is 3.60. The van der Waals surface area contributed by atoms with Crippen LogP contribution in [0.25, 0.3) is 0 Å². The molecule has 1 N–H and O–H groups in total. The first-order valence-corrected chi connectivity index (χ1v) is 6.69. The standard InChI is InChI=1S/C16H18N2O2/c1-3-6-15(19)17-11-13-10-9-12-7-4-5-8-14(12)16(20)18(13)2/h4-5,7-8,13H,9-11H2,1-2H3,(H,17,19). The predicted molar refractivity (Wildman–Crippen MR) is 77.1 cm³/mol. The van der Waals surface area contributed by atoms with Gasteiger partial charge < -0.3 is 10.2 Å². The topological polar surface area (TPSA) is 49.4 Å². The van der Waals surface area contributed by atoms with Crippen molar-refractivity contribution < 1.29 is 9.59 Å². The molecule has 0 bridgehead atoms. The van der Waals surface area contributed by atoms with Crippen molar-refractivity contribution in [3.8, 4) is 11.8 Å². The number of carbonyl (C=O) groups is 2. The van der Waals surface area contributed by atoms with Gasteiger partial charge in [-0.3, -0.25) is 9.59 Å². The molecule has 2 rings (SSSR count). The lowest BCUT2D eigenvalue weighted by Crippen LogP contribution is -2.43. The molecule has 4 heteroatoms.